The van der Waals surface area contributed by atoms with Gasteiger partial charge in [0.05, 0.1) is 5.75 Å². The number of carbonyl (C=O) groups excluding carboxylic acids is 1. The Morgan fingerprint density at radius 1 is 1.09 bits per heavy atom. The number of sulfonamides is 2. The van der Waals surface area contributed by atoms with Crippen molar-refractivity contribution >= 4 is 31.6 Å². The van der Waals surface area contributed by atoms with E-state index in [9.17, 15) is 30.4 Å². The molecule has 3 heterocycles. The van der Waals surface area contributed by atoms with Crippen LogP contribution in [0.5, 0.6) is 0 Å². The van der Waals surface area contributed by atoms with E-state index in [0.717, 1.165) is 33.3 Å². The topological polar surface area (TPSA) is 109 Å². The third kappa shape index (κ3) is 3.30. The minimum Gasteiger partial charge on any atom is -0.343 e. The summed E-state index contributed by atoms with van der Waals surface area (Å²) in [7, 11) is -6.58. The zero-order chi connectivity index (χ0) is 24.7. The fraction of sp³-hybridized carbons (Fsp3) is 0.450. The van der Waals surface area contributed by atoms with E-state index in [0.29, 0.717) is 0 Å². The van der Waals surface area contributed by atoms with E-state index in [1.165, 1.54) is 18.3 Å². The minimum absolute atomic E-state index is 0.0852. The Labute approximate surface area is 194 Å². The summed E-state index contributed by atoms with van der Waals surface area (Å²) in [5, 5.41) is 2.22. The van der Waals surface area contributed by atoms with Crippen molar-refractivity contribution in [3.63, 3.8) is 0 Å². The van der Waals surface area contributed by atoms with E-state index in [2.05, 4.69) is 5.32 Å². The van der Waals surface area contributed by atoms with Crippen LogP contribution in [0.4, 0.5) is 18.9 Å². The van der Waals surface area contributed by atoms with E-state index >= 15 is 4.39 Å². The van der Waals surface area contributed by atoms with Crippen LogP contribution in [0.2, 0.25) is 0 Å². The lowest BCUT2D eigenvalue weighted by atomic mass is 10.2. The number of aryl methyl sites for hydroxylation is 1. The number of amides is 1. The van der Waals surface area contributed by atoms with Crippen LogP contribution < -0.4 is 5.32 Å². The molecule has 14 heteroatoms. The predicted molar refractivity (Wildman–Crippen MR) is 114 cm³/mol. The first-order valence-corrected chi connectivity index (χ1v) is 13.6. The molecule has 1 aromatic heterocycles. The van der Waals surface area contributed by atoms with E-state index in [4.69, 9.17) is 0 Å². The van der Waals surface area contributed by atoms with Gasteiger partial charge in [-0.15, -0.1) is 0 Å². The fourth-order valence-corrected chi connectivity index (χ4v) is 8.41. The van der Waals surface area contributed by atoms with E-state index in [1.807, 2.05) is 0 Å². The number of nitrogens with one attached hydrogen (secondary N) is 1. The molecule has 1 saturated carbocycles. The van der Waals surface area contributed by atoms with Gasteiger partial charge >= 0.3 is 0 Å². The van der Waals surface area contributed by atoms with Gasteiger partial charge in [0.2, 0.25) is 20.0 Å². The summed E-state index contributed by atoms with van der Waals surface area (Å²) in [6, 6.07) is 1.69. The highest BCUT2D eigenvalue weighted by atomic mass is 32.2. The van der Waals surface area contributed by atoms with Gasteiger partial charge < -0.3 is 9.88 Å². The molecule has 2 saturated heterocycles. The second-order valence-corrected chi connectivity index (χ2v) is 12.8. The number of benzene rings is 1. The van der Waals surface area contributed by atoms with E-state index < -0.39 is 66.1 Å². The molecule has 3 fully saturated rings. The molecule has 1 aliphatic carbocycles. The summed E-state index contributed by atoms with van der Waals surface area (Å²) >= 11 is 0. The van der Waals surface area contributed by atoms with Crippen molar-refractivity contribution in [3.8, 4) is 0 Å². The van der Waals surface area contributed by atoms with Crippen LogP contribution in [-0.4, -0.2) is 66.8 Å². The first kappa shape index (κ1) is 23.3. The van der Waals surface area contributed by atoms with Crippen LogP contribution >= 0.6 is 0 Å². The number of aromatic nitrogens is 1. The third-order valence-electron chi connectivity index (χ3n) is 6.88. The lowest BCUT2D eigenvalue weighted by Crippen LogP contribution is -2.41. The highest BCUT2D eigenvalue weighted by Crippen LogP contribution is 2.59. The average molecular weight is 519 g/mol. The number of fused-ring (bicyclic) bond motifs is 1. The smallest absolute Gasteiger partial charge is 0.275 e. The van der Waals surface area contributed by atoms with Gasteiger partial charge in [-0.1, -0.05) is 0 Å². The molecule has 34 heavy (non-hydrogen) atoms. The normalized spacial score (nSPS) is 26.6. The van der Waals surface area contributed by atoms with Crippen molar-refractivity contribution in [2.75, 3.05) is 24.2 Å². The monoisotopic (exact) mass is 518 g/mol. The molecule has 3 aliphatic rings. The van der Waals surface area contributed by atoms with E-state index in [-0.39, 0.29) is 36.4 Å². The van der Waals surface area contributed by atoms with Crippen LogP contribution in [0.3, 0.4) is 0 Å². The van der Waals surface area contributed by atoms with E-state index in [1.54, 1.807) is 0 Å². The first-order chi connectivity index (χ1) is 15.9. The SMILES string of the molecule is CCS(=O)(=O)N1CC2C3C1CN(S(=O)(=O)c1cn(C)c(C(=O)Nc4ccc(F)c(F)c4)c1F)C23. The molecule has 1 N–H and O–H groups in total. The molecule has 1 aromatic carbocycles. The number of hydrogen-bond acceptors (Lipinski definition) is 5. The van der Waals surface area contributed by atoms with Crippen LogP contribution in [0, 0.1) is 29.3 Å². The van der Waals surface area contributed by atoms with Crippen molar-refractivity contribution in [2.24, 2.45) is 18.9 Å². The second-order valence-electron chi connectivity index (χ2n) is 8.69. The molecular formula is C20H21F3N4O5S2. The van der Waals surface area contributed by atoms with Gasteiger partial charge in [0.25, 0.3) is 5.91 Å². The largest absolute Gasteiger partial charge is 0.343 e. The second kappa shape index (κ2) is 7.54. The van der Waals surface area contributed by atoms with Gasteiger partial charge in [-0.3, -0.25) is 4.79 Å². The van der Waals surface area contributed by atoms with Gasteiger partial charge in [-0.25, -0.2) is 30.0 Å². The highest BCUT2D eigenvalue weighted by Gasteiger charge is 2.72. The standard InChI is InChI=1S/C20H21F3N4O5S2/c1-3-33(29,30)26-7-11-16-14(26)8-27(18(11)16)34(31,32)15-9-25(2)19(17(15)23)20(28)24-10-4-5-12(21)13(22)6-10/h4-6,9,11,14,16,18H,3,7-8H2,1-2H3,(H,24,28). The van der Waals surface area contributed by atoms with Crippen LogP contribution in [0.15, 0.2) is 29.3 Å². The molecule has 0 radical (unpaired) electrons. The summed E-state index contributed by atoms with van der Waals surface area (Å²) in [6.45, 7) is 1.67. The Kier molecular flexibility index (Phi) is 5.17. The Balaban J connectivity index is 1.42. The summed E-state index contributed by atoms with van der Waals surface area (Å²) in [5.41, 5.74) is -0.740. The Bertz CT molecular complexity index is 1430. The van der Waals surface area contributed by atoms with Gasteiger partial charge in [-0.05, 0) is 30.9 Å². The quantitative estimate of drug-likeness (QED) is 0.621. The van der Waals surface area contributed by atoms with Gasteiger partial charge in [0.15, 0.2) is 17.5 Å². The number of halogens is 3. The van der Waals surface area contributed by atoms with Crippen LogP contribution in [-0.2, 0) is 27.1 Å². The Morgan fingerprint density at radius 3 is 2.41 bits per heavy atom. The van der Waals surface area contributed by atoms with Gasteiger partial charge in [-0.2, -0.15) is 8.61 Å². The van der Waals surface area contributed by atoms with Crippen molar-refractivity contribution in [2.45, 2.75) is 23.9 Å². The lowest BCUT2D eigenvalue weighted by molar-refractivity contribution is 0.101. The fourth-order valence-electron chi connectivity index (χ4n) is 5.23. The summed E-state index contributed by atoms with van der Waals surface area (Å²) in [5.74, 6) is -5.02. The average Bonchev–Trinajstić information content (AvgIpc) is 3.00. The van der Waals surface area contributed by atoms with Crippen molar-refractivity contribution in [1.82, 2.24) is 13.2 Å². The van der Waals surface area contributed by atoms with Crippen molar-refractivity contribution in [1.29, 1.82) is 0 Å². The molecule has 2 aliphatic heterocycles. The summed E-state index contributed by atoms with van der Waals surface area (Å²) in [6.07, 6.45) is 0.975. The maximum Gasteiger partial charge on any atom is 0.275 e. The molecule has 184 valence electrons. The molecule has 2 aromatic rings. The van der Waals surface area contributed by atoms with Crippen LogP contribution in [0.1, 0.15) is 17.4 Å². The van der Waals surface area contributed by atoms with Crippen molar-refractivity contribution < 1.29 is 34.8 Å². The number of piperidine rings is 2. The number of carbonyl (C=O) groups is 1. The zero-order valence-corrected chi connectivity index (χ0v) is 19.7. The molecule has 9 nitrogen and oxygen atoms in total. The predicted octanol–water partition coefficient (Wildman–Crippen LogP) is 1.35. The molecule has 1 amide bonds. The maximum absolute atomic E-state index is 15.3. The number of rotatable bonds is 6. The molecule has 0 bridgehead atoms. The molecule has 4 atom stereocenters. The van der Waals surface area contributed by atoms with Gasteiger partial charge in [0, 0.05) is 50.2 Å². The minimum atomic E-state index is -4.37. The number of nitrogens with zero attached hydrogens (tertiary/aromatic N) is 3. The zero-order valence-electron chi connectivity index (χ0n) is 18.1. The molecule has 5 rings (SSSR count). The molecular weight excluding hydrogens is 497 g/mol. The highest BCUT2D eigenvalue weighted by molar-refractivity contribution is 7.89. The van der Waals surface area contributed by atoms with Crippen molar-refractivity contribution in [3.05, 3.63) is 47.5 Å². The lowest BCUT2D eigenvalue weighted by Gasteiger charge is -2.23. The Morgan fingerprint density at radius 2 is 1.79 bits per heavy atom. The van der Waals surface area contributed by atoms with Crippen LogP contribution in [0.25, 0.3) is 0 Å². The number of anilines is 1. The Hall–Kier alpha value is -2.42. The maximum atomic E-state index is 15.3. The first-order valence-electron chi connectivity index (χ1n) is 10.5. The molecule has 0 spiro atoms. The van der Waals surface area contributed by atoms with Gasteiger partial charge in [0.1, 0.15) is 10.6 Å². The third-order valence-corrected chi connectivity index (χ3v) is 10.6. The summed E-state index contributed by atoms with van der Waals surface area (Å²) < 4.78 is 96.7. The molecule has 4 unspecified atom stereocenters. The number of hydrogen-bond donors (Lipinski definition) is 1. The summed E-state index contributed by atoms with van der Waals surface area (Å²) in [4.78, 5) is 11.9.